The highest BCUT2D eigenvalue weighted by Crippen LogP contribution is 2.31. The molecule has 1 atom stereocenters. The van der Waals surface area contributed by atoms with Gasteiger partial charge in [-0.2, -0.15) is 11.8 Å². The number of nitrogens with two attached hydrogens (primary N) is 1. The molecule has 0 aliphatic heterocycles. The van der Waals surface area contributed by atoms with Crippen LogP contribution < -0.4 is 5.73 Å². The Balaban J connectivity index is 1.85. The van der Waals surface area contributed by atoms with Crippen LogP contribution in [0, 0.1) is 0 Å². The van der Waals surface area contributed by atoms with E-state index in [1.807, 2.05) is 24.2 Å². The van der Waals surface area contributed by atoms with Gasteiger partial charge in [0.1, 0.15) is 5.82 Å². The van der Waals surface area contributed by atoms with Gasteiger partial charge in [0, 0.05) is 29.9 Å². The van der Waals surface area contributed by atoms with Crippen LogP contribution in [-0.2, 0) is 6.54 Å². The van der Waals surface area contributed by atoms with Gasteiger partial charge in [-0.05, 0) is 19.3 Å². The van der Waals surface area contributed by atoms with E-state index >= 15 is 0 Å². The van der Waals surface area contributed by atoms with Crippen molar-refractivity contribution in [2.45, 2.75) is 56.9 Å². The van der Waals surface area contributed by atoms with E-state index in [0.29, 0.717) is 0 Å². The lowest BCUT2D eigenvalue weighted by molar-refractivity contribution is 0.603. The average molecular weight is 253 g/mol. The van der Waals surface area contributed by atoms with Crippen molar-refractivity contribution in [2.75, 3.05) is 5.75 Å². The van der Waals surface area contributed by atoms with Crippen molar-refractivity contribution >= 4 is 11.8 Å². The van der Waals surface area contributed by atoms with Gasteiger partial charge in [0.2, 0.25) is 0 Å². The van der Waals surface area contributed by atoms with Gasteiger partial charge in [-0.3, -0.25) is 0 Å². The summed E-state index contributed by atoms with van der Waals surface area (Å²) >= 11 is 2.04. The molecule has 1 aromatic rings. The number of hydrogen-bond acceptors (Lipinski definition) is 3. The van der Waals surface area contributed by atoms with Crippen molar-refractivity contribution in [3.8, 4) is 0 Å². The number of nitrogens with zero attached hydrogens (tertiary/aromatic N) is 2. The van der Waals surface area contributed by atoms with Crippen molar-refractivity contribution in [1.29, 1.82) is 0 Å². The smallest absolute Gasteiger partial charge is 0.126 e. The summed E-state index contributed by atoms with van der Waals surface area (Å²) in [4.78, 5) is 4.40. The molecule has 96 valence electrons. The van der Waals surface area contributed by atoms with Gasteiger partial charge in [0.15, 0.2) is 0 Å². The first-order valence-corrected chi connectivity index (χ1v) is 7.74. The number of imidazole rings is 1. The maximum atomic E-state index is 6.24. The second-order valence-electron chi connectivity index (χ2n) is 4.83. The maximum Gasteiger partial charge on any atom is 0.126 e. The predicted molar refractivity (Wildman–Crippen MR) is 74.2 cm³/mol. The third-order valence-corrected chi connectivity index (χ3v) is 4.85. The molecule has 4 heteroatoms. The van der Waals surface area contributed by atoms with Crippen LogP contribution in [0.2, 0.25) is 0 Å². The summed E-state index contributed by atoms with van der Waals surface area (Å²) in [5.74, 6) is 2.06. The summed E-state index contributed by atoms with van der Waals surface area (Å²) in [6.45, 7) is 3.21. The Hall–Kier alpha value is -0.480. The van der Waals surface area contributed by atoms with Crippen LogP contribution in [0.5, 0.6) is 0 Å². The van der Waals surface area contributed by atoms with Gasteiger partial charge < -0.3 is 10.3 Å². The minimum Gasteiger partial charge on any atom is -0.334 e. The summed E-state index contributed by atoms with van der Waals surface area (Å²) in [5.41, 5.74) is 6.24. The number of aryl methyl sites for hydroxylation is 1. The average Bonchev–Trinajstić information content (AvgIpc) is 2.97. The Morgan fingerprint density at radius 1 is 1.53 bits per heavy atom. The SMILES string of the molecule is CCCn1ccnc1C(N)CSC1CCCC1. The van der Waals surface area contributed by atoms with E-state index in [4.69, 9.17) is 5.73 Å². The molecular weight excluding hydrogens is 230 g/mol. The number of hydrogen-bond donors (Lipinski definition) is 1. The molecule has 0 bridgehead atoms. The predicted octanol–water partition coefficient (Wildman–Crippen LogP) is 2.97. The maximum absolute atomic E-state index is 6.24. The molecule has 0 amide bonds. The quantitative estimate of drug-likeness (QED) is 0.847. The topological polar surface area (TPSA) is 43.8 Å². The van der Waals surface area contributed by atoms with E-state index in [1.54, 1.807) is 0 Å². The highest BCUT2D eigenvalue weighted by atomic mass is 32.2. The summed E-state index contributed by atoms with van der Waals surface area (Å²) < 4.78 is 2.19. The van der Waals surface area contributed by atoms with Crippen LogP contribution >= 0.6 is 11.8 Å². The van der Waals surface area contributed by atoms with Crippen molar-refractivity contribution in [3.63, 3.8) is 0 Å². The second-order valence-corrected chi connectivity index (χ2v) is 6.16. The van der Waals surface area contributed by atoms with Crippen LogP contribution in [0.25, 0.3) is 0 Å². The molecule has 1 unspecified atom stereocenters. The van der Waals surface area contributed by atoms with Crippen molar-refractivity contribution in [2.24, 2.45) is 5.73 Å². The van der Waals surface area contributed by atoms with Gasteiger partial charge >= 0.3 is 0 Å². The monoisotopic (exact) mass is 253 g/mol. The Labute approximate surface area is 108 Å². The molecule has 1 aromatic heterocycles. The largest absolute Gasteiger partial charge is 0.334 e. The highest BCUT2D eigenvalue weighted by molar-refractivity contribution is 7.99. The Morgan fingerprint density at radius 2 is 2.29 bits per heavy atom. The van der Waals surface area contributed by atoms with E-state index < -0.39 is 0 Å². The number of thioether (sulfide) groups is 1. The molecule has 0 spiro atoms. The molecule has 2 N–H and O–H groups in total. The Bertz CT molecular complexity index is 331. The summed E-state index contributed by atoms with van der Waals surface area (Å²) in [6, 6.07) is 0.0853. The molecule has 1 aliphatic rings. The lowest BCUT2D eigenvalue weighted by Crippen LogP contribution is -2.20. The van der Waals surface area contributed by atoms with Crippen LogP contribution in [0.4, 0.5) is 0 Å². The van der Waals surface area contributed by atoms with Gasteiger partial charge in [-0.15, -0.1) is 0 Å². The normalized spacial score (nSPS) is 18.7. The van der Waals surface area contributed by atoms with Gasteiger partial charge in [0.25, 0.3) is 0 Å². The molecule has 2 rings (SSSR count). The van der Waals surface area contributed by atoms with Crippen LogP contribution in [-0.4, -0.2) is 20.6 Å². The molecule has 0 saturated heterocycles. The lowest BCUT2D eigenvalue weighted by atomic mass is 10.3. The number of rotatable bonds is 6. The van der Waals surface area contributed by atoms with E-state index in [1.165, 1.54) is 25.7 Å². The summed E-state index contributed by atoms with van der Waals surface area (Å²) in [5, 5.41) is 0.843. The first-order valence-electron chi connectivity index (χ1n) is 6.69. The molecule has 1 saturated carbocycles. The molecular formula is C13H23N3S. The first kappa shape index (κ1) is 13.0. The molecule has 3 nitrogen and oxygen atoms in total. The third kappa shape index (κ3) is 3.49. The van der Waals surface area contributed by atoms with Crippen molar-refractivity contribution in [3.05, 3.63) is 18.2 Å². The standard InChI is InChI=1S/C13H23N3S/c1-2-8-16-9-7-15-13(16)12(14)10-17-11-5-3-4-6-11/h7,9,11-12H,2-6,8,10,14H2,1H3. The van der Waals surface area contributed by atoms with Crippen LogP contribution in [0.1, 0.15) is 50.9 Å². The third-order valence-electron chi connectivity index (χ3n) is 3.36. The minimum absolute atomic E-state index is 0.0853. The van der Waals surface area contributed by atoms with E-state index in [-0.39, 0.29) is 6.04 Å². The van der Waals surface area contributed by atoms with E-state index in [2.05, 4.69) is 16.5 Å². The van der Waals surface area contributed by atoms with E-state index in [0.717, 1.165) is 29.8 Å². The van der Waals surface area contributed by atoms with Gasteiger partial charge in [-0.1, -0.05) is 19.8 Å². The Morgan fingerprint density at radius 3 is 3.00 bits per heavy atom. The molecule has 1 aliphatic carbocycles. The fourth-order valence-electron chi connectivity index (χ4n) is 2.45. The zero-order chi connectivity index (χ0) is 12.1. The fraction of sp³-hybridized carbons (Fsp3) is 0.769. The molecule has 1 heterocycles. The van der Waals surface area contributed by atoms with Crippen LogP contribution in [0.3, 0.4) is 0 Å². The molecule has 0 aromatic carbocycles. The van der Waals surface area contributed by atoms with Crippen molar-refractivity contribution < 1.29 is 0 Å². The molecule has 0 radical (unpaired) electrons. The van der Waals surface area contributed by atoms with Gasteiger partial charge in [0.05, 0.1) is 6.04 Å². The van der Waals surface area contributed by atoms with Crippen molar-refractivity contribution in [1.82, 2.24) is 9.55 Å². The molecule has 17 heavy (non-hydrogen) atoms. The summed E-state index contributed by atoms with van der Waals surface area (Å²) in [6.07, 6.45) is 10.6. The number of aromatic nitrogens is 2. The first-order chi connectivity index (χ1) is 8.31. The second kappa shape index (κ2) is 6.45. The fourth-order valence-corrected chi connectivity index (χ4v) is 3.74. The Kier molecular flexibility index (Phi) is 4.92. The summed E-state index contributed by atoms with van der Waals surface area (Å²) in [7, 11) is 0. The lowest BCUT2D eigenvalue weighted by Gasteiger charge is -2.15. The van der Waals surface area contributed by atoms with Crippen LogP contribution in [0.15, 0.2) is 12.4 Å². The zero-order valence-corrected chi connectivity index (χ0v) is 11.5. The highest BCUT2D eigenvalue weighted by Gasteiger charge is 2.18. The zero-order valence-electron chi connectivity index (χ0n) is 10.6. The van der Waals surface area contributed by atoms with Gasteiger partial charge in [-0.25, -0.2) is 4.98 Å². The minimum atomic E-state index is 0.0853. The molecule has 1 fully saturated rings. The van der Waals surface area contributed by atoms with E-state index in [9.17, 15) is 0 Å².